The van der Waals surface area contributed by atoms with E-state index in [1.807, 2.05) is 0 Å². The number of rotatable bonds is 6. The van der Waals surface area contributed by atoms with Gasteiger partial charge in [-0.2, -0.15) is 0 Å². The molecule has 0 saturated heterocycles. The number of guanidine groups is 1. The van der Waals surface area contributed by atoms with E-state index >= 15 is 0 Å². The van der Waals surface area contributed by atoms with E-state index in [0.29, 0.717) is 28.4 Å². The Labute approximate surface area is 152 Å². The van der Waals surface area contributed by atoms with Gasteiger partial charge in [0.25, 0.3) is 0 Å². The lowest BCUT2D eigenvalue weighted by Crippen LogP contribution is -2.25. The zero-order chi connectivity index (χ0) is 18.9. The van der Waals surface area contributed by atoms with Crippen LogP contribution in [0.5, 0.6) is 11.5 Å². The third-order valence-electron chi connectivity index (χ3n) is 3.38. The molecule has 0 bridgehead atoms. The molecule has 2 rings (SSSR count). The number of ether oxygens (including phenoxy) is 2. The fraction of sp³-hybridized carbons (Fsp3) is 0.158. The molecule has 1 amide bonds. The predicted molar refractivity (Wildman–Crippen MR) is 103 cm³/mol. The van der Waals surface area contributed by atoms with Crippen LogP contribution in [0, 0.1) is 12.3 Å². The normalized spacial score (nSPS) is 10.6. The summed E-state index contributed by atoms with van der Waals surface area (Å²) in [4.78, 5) is 16.0. The first-order valence-electron chi connectivity index (χ1n) is 7.71. The lowest BCUT2D eigenvalue weighted by Gasteiger charge is -2.12. The minimum atomic E-state index is -0.318. The minimum absolute atomic E-state index is 0.0732. The highest BCUT2D eigenvalue weighted by Crippen LogP contribution is 2.28. The molecular weight excluding hydrogens is 332 g/mol. The Kier molecular flexibility index (Phi) is 6.46. The summed E-state index contributed by atoms with van der Waals surface area (Å²) in [5.41, 5.74) is 7.70. The van der Waals surface area contributed by atoms with Crippen LogP contribution in [0.2, 0.25) is 0 Å². The maximum atomic E-state index is 12.0. The molecule has 0 atom stereocenters. The molecule has 0 aliphatic rings. The second-order valence-corrected chi connectivity index (χ2v) is 5.17. The number of terminal acetylenes is 1. The summed E-state index contributed by atoms with van der Waals surface area (Å²) in [7, 11) is 3.10. The van der Waals surface area contributed by atoms with Crippen LogP contribution in [0.4, 0.5) is 11.4 Å². The number of nitrogens with two attached hydrogens (primary N) is 1. The Hall–Kier alpha value is -3.66. The Morgan fingerprint density at radius 1 is 1.19 bits per heavy atom. The van der Waals surface area contributed by atoms with Crippen LogP contribution in [-0.4, -0.2) is 32.6 Å². The summed E-state index contributed by atoms with van der Waals surface area (Å²) in [6.07, 6.45) is 5.34. The zero-order valence-corrected chi connectivity index (χ0v) is 14.6. The lowest BCUT2D eigenvalue weighted by molar-refractivity contribution is -0.114. The van der Waals surface area contributed by atoms with Gasteiger partial charge in [-0.25, -0.2) is 4.99 Å². The average molecular weight is 352 g/mol. The number of aliphatic imine (C=N–C) groups is 1. The fourth-order valence-corrected chi connectivity index (χ4v) is 2.13. The van der Waals surface area contributed by atoms with E-state index in [0.717, 1.165) is 0 Å². The number of benzene rings is 2. The van der Waals surface area contributed by atoms with Crippen molar-refractivity contribution in [3.05, 3.63) is 48.0 Å². The molecule has 2 aromatic rings. The lowest BCUT2D eigenvalue weighted by atomic mass is 10.2. The zero-order valence-electron chi connectivity index (χ0n) is 14.6. The predicted octanol–water partition coefficient (Wildman–Crippen LogP) is 2.05. The average Bonchev–Trinajstić information content (AvgIpc) is 2.66. The monoisotopic (exact) mass is 352 g/mol. The molecule has 4 N–H and O–H groups in total. The molecule has 0 radical (unpaired) electrons. The third-order valence-corrected chi connectivity index (χ3v) is 3.38. The molecule has 0 aliphatic carbocycles. The van der Waals surface area contributed by atoms with E-state index in [9.17, 15) is 4.79 Å². The molecule has 7 heteroatoms. The van der Waals surface area contributed by atoms with Crippen LogP contribution in [-0.2, 0) is 4.79 Å². The van der Waals surface area contributed by atoms with Crippen LogP contribution in [0.25, 0.3) is 0 Å². The SMILES string of the molecule is C#Cc1cccc(NC(=O)CN=C(N)Nc2cc(OC)ccc2OC)c1. The molecule has 2 aromatic carbocycles. The number of carbonyl (C=O) groups excluding carboxylic acids is 1. The van der Waals surface area contributed by atoms with E-state index in [2.05, 4.69) is 21.5 Å². The first kappa shape index (κ1) is 18.7. The Bertz CT molecular complexity index is 856. The highest BCUT2D eigenvalue weighted by atomic mass is 16.5. The maximum absolute atomic E-state index is 12.0. The van der Waals surface area contributed by atoms with Gasteiger partial charge in [0.15, 0.2) is 5.96 Å². The number of nitrogens with zero attached hydrogens (tertiary/aromatic N) is 1. The van der Waals surface area contributed by atoms with E-state index < -0.39 is 0 Å². The number of nitrogens with one attached hydrogen (secondary N) is 2. The quantitative estimate of drug-likeness (QED) is 0.420. The van der Waals surface area contributed by atoms with Crippen molar-refractivity contribution in [2.24, 2.45) is 10.7 Å². The van der Waals surface area contributed by atoms with Crippen LogP contribution in [0.1, 0.15) is 5.56 Å². The van der Waals surface area contributed by atoms with Gasteiger partial charge in [-0.05, 0) is 30.3 Å². The standard InChI is InChI=1S/C19H20N4O3/c1-4-13-6-5-7-14(10-13)22-18(24)12-21-19(20)23-16-11-15(25-2)8-9-17(16)26-3/h1,5-11H,12H2,2-3H3,(H,22,24)(H3,20,21,23). The van der Waals surface area contributed by atoms with E-state index in [1.54, 1.807) is 49.6 Å². The molecule has 0 spiro atoms. The number of hydrogen-bond donors (Lipinski definition) is 3. The summed E-state index contributed by atoms with van der Waals surface area (Å²) < 4.78 is 10.4. The molecule has 26 heavy (non-hydrogen) atoms. The molecule has 0 aromatic heterocycles. The van der Waals surface area contributed by atoms with Crippen LogP contribution >= 0.6 is 0 Å². The van der Waals surface area contributed by atoms with Crippen molar-refractivity contribution in [1.29, 1.82) is 0 Å². The molecule has 0 saturated carbocycles. The number of carbonyl (C=O) groups is 1. The molecule has 0 heterocycles. The maximum Gasteiger partial charge on any atom is 0.246 e. The van der Waals surface area contributed by atoms with E-state index in [-0.39, 0.29) is 18.4 Å². The van der Waals surface area contributed by atoms with Crippen LogP contribution in [0.15, 0.2) is 47.5 Å². The number of methoxy groups -OCH3 is 2. The van der Waals surface area contributed by atoms with Gasteiger partial charge in [0, 0.05) is 17.3 Å². The van der Waals surface area contributed by atoms with Crippen LogP contribution in [0.3, 0.4) is 0 Å². The van der Waals surface area contributed by atoms with Gasteiger partial charge in [0.2, 0.25) is 5.91 Å². The Morgan fingerprint density at radius 3 is 2.69 bits per heavy atom. The van der Waals surface area contributed by atoms with Crippen molar-refractivity contribution in [3.63, 3.8) is 0 Å². The topological polar surface area (TPSA) is 98.0 Å². The van der Waals surface area contributed by atoms with Crippen molar-refractivity contribution < 1.29 is 14.3 Å². The van der Waals surface area contributed by atoms with Crippen molar-refractivity contribution >= 4 is 23.2 Å². The first-order chi connectivity index (χ1) is 12.5. The Balaban J connectivity index is 1.99. The van der Waals surface area contributed by atoms with Crippen molar-refractivity contribution in [2.75, 3.05) is 31.4 Å². The molecule has 0 unspecified atom stereocenters. The number of amides is 1. The highest BCUT2D eigenvalue weighted by Gasteiger charge is 2.07. The summed E-state index contributed by atoms with van der Waals surface area (Å²) >= 11 is 0. The molecule has 134 valence electrons. The van der Waals surface area contributed by atoms with Gasteiger partial charge in [-0.15, -0.1) is 6.42 Å². The summed E-state index contributed by atoms with van der Waals surface area (Å²) in [5.74, 6) is 3.46. The molecule has 0 fully saturated rings. The van der Waals surface area contributed by atoms with Gasteiger partial charge in [0.1, 0.15) is 18.0 Å². The highest BCUT2D eigenvalue weighted by molar-refractivity contribution is 5.97. The largest absolute Gasteiger partial charge is 0.497 e. The van der Waals surface area contributed by atoms with Gasteiger partial charge >= 0.3 is 0 Å². The van der Waals surface area contributed by atoms with Gasteiger partial charge in [-0.3, -0.25) is 4.79 Å². The molecule has 0 aliphatic heterocycles. The summed E-state index contributed by atoms with van der Waals surface area (Å²) in [5, 5.41) is 5.60. The third kappa shape index (κ3) is 5.18. The van der Waals surface area contributed by atoms with E-state index in [1.165, 1.54) is 7.11 Å². The van der Waals surface area contributed by atoms with Crippen molar-refractivity contribution in [1.82, 2.24) is 0 Å². The van der Waals surface area contributed by atoms with Crippen molar-refractivity contribution in [3.8, 4) is 23.8 Å². The van der Waals surface area contributed by atoms with Gasteiger partial charge < -0.3 is 25.8 Å². The second kappa shape index (κ2) is 8.99. The minimum Gasteiger partial charge on any atom is -0.497 e. The number of anilines is 2. The summed E-state index contributed by atoms with van der Waals surface area (Å²) in [6.45, 7) is -0.147. The van der Waals surface area contributed by atoms with Crippen LogP contribution < -0.4 is 25.8 Å². The van der Waals surface area contributed by atoms with Gasteiger partial charge in [0.05, 0.1) is 19.9 Å². The molecule has 7 nitrogen and oxygen atoms in total. The summed E-state index contributed by atoms with van der Waals surface area (Å²) in [6, 6.07) is 12.2. The molecular formula is C19H20N4O3. The smallest absolute Gasteiger partial charge is 0.246 e. The number of hydrogen-bond acceptors (Lipinski definition) is 4. The first-order valence-corrected chi connectivity index (χ1v) is 7.71. The second-order valence-electron chi connectivity index (χ2n) is 5.17. The van der Waals surface area contributed by atoms with E-state index in [4.69, 9.17) is 21.6 Å². The Morgan fingerprint density at radius 2 is 2.00 bits per heavy atom. The van der Waals surface area contributed by atoms with Gasteiger partial charge in [-0.1, -0.05) is 12.0 Å². The fourth-order valence-electron chi connectivity index (χ4n) is 2.13. The van der Waals surface area contributed by atoms with Crippen molar-refractivity contribution in [2.45, 2.75) is 0 Å².